The van der Waals surface area contributed by atoms with Gasteiger partial charge in [0, 0.05) is 22.5 Å². The Labute approximate surface area is 157 Å². The number of hydrogen-bond acceptors (Lipinski definition) is 7. The molecule has 0 bridgehead atoms. The maximum atomic E-state index is 12.3. The van der Waals surface area contributed by atoms with Gasteiger partial charge >= 0.3 is 11.9 Å². The summed E-state index contributed by atoms with van der Waals surface area (Å²) >= 11 is 0. The highest BCUT2D eigenvalue weighted by molar-refractivity contribution is 5.93. The second-order valence-corrected chi connectivity index (χ2v) is 8.68. The van der Waals surface area contributed by atoms with E-state index in [0.717, 1.165) is 0 Å². The molecule has 2 aliphatic carbocycles. The molecule has 0 aromatic rings. The summed E-state index contributed by atoms with van der Waals surface area (Å²) in [4.78, 5) is 24.1. The zero-order chi connectivity index (χ0) is 19.6. The Balaban J connectivity index is 1.70. The first-order valence-electron chi connectivity index (χ1n) is 9.53. The third-order valence-corrected chi connectivity index (χ3v) is 7.43. The Kier molecular flexibility index (Phi) is 4.25. The smallest absolute Gasteiger partial charge is 0.336 e. The lowest BCUT2D eigenvalue weighted by molar-refractivity contribution is -0.162. The van der Waals surface area contributed by atoms with E-state index in [-0.39, 0.29) is 24.4 Å². The monoisotopic (exact) mass is 378 g/mol. The first-order chi connectivity index (χ1) is 12.7. The largest absolute Gasteiger partial charge is 0.461 e. The summed E-state index contributed by atoms with van der Waals surface area (Å²) in [5.74, 6) is -1.30. The van der Waals surface area contributed by atoms with E-state index >= 15 is 0 Å². The SMILES string of the molecule is C[C@@H]1[C@H](O)C[C@@]23COC(=O)C2=CC[C@H](O)[C@@H]3[C@@]1(C)CCC1=C[C@@H](O)OC1=O. The number of aliphatic hydroxyl groups is 3. The summed E-state index contributed by atoms with van der Waals surface area (Å²) in [6.07, 6.45) is 2.29. The number of cyclic esters (lactones) is 2. The van der Waals surface area contributed by atoms with E-state index in [1.165, 1.54) is 6.08 Å². The number of hydrogen-bond donors (Lipinski definition) is 3. The summed E-state index contributed by atoms with van der Waals surface area (Å²) in [5.41, 5.74) is -0.242. The van der Waals surface area contributed by atoms with E-state index in [2.05, 4.69) is 0 Å². The van der Waals surface area contributed by atoms with Crippen LogP contribution < -0.4 is 0 Å². The highest BCUT2D eigenvalue weighted by Gasteiger charge is 2.65. The normalized spacial score (nSPS) is 46.2. The van der Waals surface area contributed by atoms with Gasteiger partial charge in [-0.15, -0.1) is 0 Å². The van der Waals surface area contributed by atoms with Crippen molar-refractivity contribution in [2.45, 2.75) is 58.0 Å². The fourth-order valence-electron chi connectivity index (χ4n) is 5.91. The van der Waals surface area contributed by atoms with Gasteiger partial charge in [0.1, 0.15) is 6.61 Å². The number of aliphatic hydroxyl groups excluding tert-OH is 3. The molecule has 2 fully saturated rings. The summed E-state index contributed by atoms with van der Waals surface area (Å²) in [6, 6.07) is 0. The van der Waals surface area contributed by atoms with Gasteiger partial charge in [-0.2, -0.15) is 0 Å². The fraction of sp³-hybridized carbons (Fsp3) is 0.700. The molecule has 0 radical (unpaired) electrons. The van der Waals surface area contributed by atoms with Gasteiger partial charge in [0.05, 0.1) is 12.2 Å². The summed E-state index contributed by atoms with van der Waals surface area (Å²) in [7, 11) is 0. The molecule has 1 saturated heterocycles. The Morgan fingerprint density at radius 3 is 2.59 bits per heavy atom. The van der Waals surface area contributed by atoms with Crippen LogP contribution in [-0.4, -0.2) is 52.4 Å². The summed E-state index contributed by atoms with van der Waals surface area (Å²) in [5, 5.41) is 31.2. The fourth-order valence-corrected chi connectivity index (χ4v) is 5.91. The lowest BCUT2D eigenvalue weighted by Crippen LogP contribution is -2.60. The molecule has 0 aromatic carbocycles. The maximum Gasteiger partial charge on any atom is 0.336 e. The van der Waals surface area contributed by atoms with Crippen LogP contribution in [0.1, 0.15) is 39.5 Å². The number of carbonyl (C=O) groups excluding carboxylic acids is 2. The van der Waals surface area contributed by atoms with Gasteiger partial charge in [0.2, 0.25) is 6.29 Å². The second kappa shape index (κ2) is 6.15. The maximum absolute atomic E-state index is 12.3. The third-order valence-electron chi connectivity index (χ3n) is 7.43. The van der Waals surface area contributed by atoms with Crippen LogP contribution in [-0.2, 0) is 19.1 Å². The summed E-state index contributed by atoms with van der Waals surface area (Å²) in [6.45, 7) is 4.14. The Morgan fingerprint density at radius 1 is 1.19 bits per heavy atom. The lowest BCUT2D eigenvalue weighted by atomic mass is 9.45. The number of rotatable bonds is 3. The average Bonchev–Trinajstić information content (AvgIpc) is 3.09. The Hall–Kier alpha value is -1.70. The predicted molar refractivity (Wildman–Crippen MR) is 92.9 cm³/mol. The van der Waals surface area contributed by atoms with E-state index in [9.17, 15) is 24.9 Å². The van der Waals surface area contributed by atoms with Crippen molar-refractivity contribution in [1.82, 2.24) is 0 Å². The van der Waals surface area contributed by atoms with Gasteiger partial charge in [-0.25, -0.2) is 9.59 Å². The van der Waals surface area contributed by atoms with Crippen LogP contribution in [0.4, 0.5) is 0 Å². The van der Waals surface area contributed by atoms with E-state index < -0.39 is 35.3 Å². The van der Waals surface area contributed by atoms with Crippen LogP contribution in [0.15, 0.2) is 23.3 Å². The molecule has 1 saturated carbocycles. The molecule has 7 nitrogen and oxygen atoms in total. The van der Waals surface area contributed by atoms with Crippen molar-refractivity contribution in [2.75, 3.05) is 6.61 Å². The molecular weight excluding hydrogens is 352 g/mol. The van der Waals surface area contributed by atoms with Crippen molar-refractivity contribution in [3.8, 4) is 0 Å². The predicted octanol–water partition coefficient (Wildman–Crippen LogP) is 0.826. The molecule has 148 valence electrons. The number of ether oxygens (including phenoxy) is 2. The number of esters is 2. The van der Waals surface area contributed by atoms with Gasteiger partial charge < -0.3 is 24.8 Å². The number of carbonyl (C=O) groups is 2. The van der Waals surface area contributed by atoms with E-state index in [4.69, 9.17) is 9.47 Å². The Morgan fingerprint density at radius 2 is 1.93 bits per heavy atom. The van der Waals surface area contributed by atoms with E-state index in [1.807, 2.05) is 13.8 Å². The van der Waals surface area contributed by atoms with Crippen LogP contribution >= 0.6 is 0 Å². The highest BCUT2D eigenvalue weighted by atomic mass is 16.6. The molecule has 0 unspecified atom stereocenters. The molecule has 0 amide bonds. The first kappa shape index (κ1) is 18.7. The zero-order valence-electron chi connectivity index (χ0n) is 15.6. The van der Waals surface area contributed by atoms with Gasteiger partial charge in [-0.1, -0.05) is 19.9 Å². The molecule has 7 atom stereocenters. The molecule has 0 aromatic heterocycles. The standard InChI is InChI=1S/C20H26O7/c1-10-14(22)8-20-9-26-18(25)12(20)3-4-13(21)16(20)19(10,2)6-5-11-7-15(23)27-17(11)24/h3,7,10,13-16,21-23H,4-6,8-9H2,1-2H3/t10-,13+,14-,15+,16-,19+,20-/m1/s1. The molecule has 3 N–H and O–H groups in total. The second-order valence-electron chi connectivity index (χ2n) is 8.68. The molecule has 27 heavy (non-hydrogen) atoms. The zero-order valence-corrected chi connectivity index (χ0v) is 15.6. The minimum absolute atomic E-state index is 0.138. The quantitative estimate of drug-likeness (QED) is 0.623. The minimum Gasteiger partial charge on any atom is -0.461 e. The molecule has 2 aliphatic heterocycles. The van der Waals surface area contributed by atoms with Crippen LogP contribution in [0.3, 0.4) is 0 Å². The van der Waals surface area contributed by atoms with Crippen molar-refractivity contribution < 1.29 is 34.4 Å². The van der Waals surface area contributed by atoms with Crippen molar-refractivity contribution >= 4 is 11.9 Å². The van der Waals surface area contributed by atoms with Crippen molar-refractivity contribution in [3.05, 3.63) is 23.3 Å². The Bertz CT molecular complexity index is 741. The van der Waals surface area contributed by atoms with E-state index in [1.54, 1.807) is 6.08 Å². The van der Waals surface area contributed by atoms with Crippen LogP contribution in [0.5, 0.6) is 0 Å². The van der Waals surface area contributed by atoms with Crippen LogP contribution in [0.2, 0.25) is 0 Å². The molecule has 4 aliphatic rings. The van der Waals surface area contributed by atoms with E-state index in [0.29, 0.717) is 36.8 Å². The van der Waals surface area contributed by atoms with Gasteiger partial charge in [0.15, 0.2) is 0 Å². The lowest BCUT2D eigenvalue weighted by Gasteiger charge is -2.59. The minimum atomic E-state index is -1.21. The van der Waals surface area contributed by atoms with Crippen molar-refractivity contribution in [3.63, 3.8) is 0 Å². The molecule has 2 heterocycles. The molecule has 7 heteroatoms. The van der Waals surface area contributed by atoms with Crippen molar-refractivity contribution in [1.29, 1.82) is 0 Å². The topological polar surface area (TPSA) is 113 Å². The average molecular weight is 378 g/mol. The molecule has 1 spiro atoms. The first-order valence-corrected chi connectivity index (χ1v) is 9.53. The molecular formula is C20H26O7. The van der Waals surface area contributed by atoms with Gasteiger partial charge in [0.25, 0.3) is 0 Å². The third kappa shape index (κ3) is 2.59. The highest BCUT2D eigenvalue weighted by Crippen LogP contribution is 2.64. The van der Waals surface area contributed by atoms with Crippen LogP contribution in [0, 0.1) is 22.7 Å². The van der Waals surface area contributed by atoms with Gasteiger partial charge in [-0.05, 0) is 43.1 Å². The molecule has 4 rings (SSSR count). The van der Waals surface area contributed by atoms with Crippen molar-refractivity contribution in [2.24, 2.45) is 22.7 Å². The summed E-state index contributed by atoms with van der Waals surface area (Å²) < 4.78 is 10.1. The van der Waals surface area contributed by atoms with Gasteiger partial charge in [-0.3, -0.25) is 0 Å². The van der Waals surface area contributed by atoms with Crippen LogP contribution in [0.25, 0.3) is 0 Å².